The predicted octanol–water partition coefficient (Wildman–Crippen LogP) is 6.01. The van der Waals surface area contributed by atoms with Crippen LogP contribution in [0.25, 0.3) is 0 Å². The number of rotatable bonds is 3. The summed E-state index contributed by atoms with van der Waals surface area (Å²) in [6.07, 6.45) is 18.1. The van der Waals surface area contributed by atoms with Crippen molar-refractivity contribution in [2.75, 3.05) is 0 Å². The molecule has 1 nitrogen and oxygen atoms in total. The van der Waals surface area contributed by atoms with Crippen molar-refractivity contribution in [3.8, 4) is 0 Å². The van der Waals surface area contributed by atoms with Gasteiger partial charge in [-0.3, -0.25) is 4.79 Å². The highest BCUT2D eigenvalue weighted by Gasteiger charge is 2.69. The van der Waals surface area contributed by atoms with Gasteiger partial charge in [-0.1, -0.05) is 19.8 Å². The molecule has 0 aromatic heterocycles. The molecule has 138 valence electrons. The lowest BCUT2D eigenvalue weighted by Gasteiger charge is -2.42. The Balaban J connectivity index is 1.21. The van der Waals surface area contributed by atoms with Gasteiger partial charge in [-0.2, -0.15) is 0 Å². The maximum absolute atomic E-state index is 13.9. The average molecular weight is 341 g/mol. The van der Waals surface area contributed by atoms with Crippen LogP contribution in [-0.2, 0) is 4.79 Å². The molecular weight excluding hydrogens is 304 g/mol. The van der Waals surface area contributed by atoms with Crippen molar-refractivity contribution in [1.29, 1.82) is 0 Å². The average Bonchev–Trinajstić information content (AvgIpc) is 3.39. The standard InChI is InChI=1S/C24H36O/c1-15-2-4-18(15)5-6-19-10-17-12-21(19)24(14-17)9-8-23(22(24)25)13-16-3-7-20(23)11-16/h15-21H,2-14H2,1H3. The zero-order valence-corrected chi connectivity index (χ0v) is 16.1. The number of fused-ring (bicyclic) bond motifs is 6. The van der Waals surface area contributed by atoms with Crippen LogP contribution < -0.4 is 0 Å². The fourth-order valence-electron chi connectivity index (χ4n) is 9.41. The molecule has 6 aliphatic carbocycles. The van der Waals surface area contributed by atoms with Crippen LogP contribution in [0.3, 0.4) is 0 Å². The fourth-order valence-corrected chi connectivity index (χ4v) is 9.41. The summed E-state index contributed by atoms with van der Waals surface area (Å²) < 4.78 is 0. The van der Waals surface area contributed by atoms with Gasteiger partial charge in [0.25, 0.3) is 0 Å². The molecule has 9 unspecified atom stereocenters. The van der Waals surface area contributed by atoms with Gasteiger partial charge in [0.15, 0.2) is 0 Å². The van der Waals surface area contributed by atoms with Crippen LogP contribution in [0, 0.1) is 52.3 Å². The van der Waals surface area contributed by atoms with Crippen LogP contribution in [-0.4, -0.2) is 5.78 Å². The third-order valence-corrected chi connectivity index (χ3v) is 10.8. The molecule has 6 aliphatic rings. The normalized spacial score (nSPS) is 58.8. The molecule has 0 aliphatic heterocycles. The Hall–Kier alpha value is -0.330. The van der Waals surface area contributed by atoms with Crippen molar-refractivity contribution in [1.82, 2.24) is 0 Å². The lowest BCUT2D eigenvalue weighted by atomic mass is 9.61. The lowest BCUT2D eigenvalue weighted by Crippen LogP contribution is -2.43. The van der Waals surface area contributed by atoms with Crippen LogP contribution >= 0.6 is 0 Å². The van der Waals surface area contributed by atoms with Crippen LogP contribution in [0.2, 0.25) is 0 Å². The van der Waals surface area contributed by atoms with Gasteiger partial charge in [0.1, 0.15) is 5.78 Å². The summed E-state index contributed by atoms with van der Waals surface area (Å²) in [4.78, 5) is 13.9. The van der Waals surface area contributed by atoms with E-state index >= 15 is 0 Å². The number of carbonyl (C=O) groups excluding carboxylic acids is 1. The molecule has 0 amide bonds. The molecule has 6 fully saturated rings. The third-order valence-electron chi connectivity index (χ3n) is 10.8. The smallest absolute Gasteiger partial charge is 0.145 e. The summed E-state index contributed by atoms with van der Waals surface area (Å²) in [5, 5.41) is 0. The van der Waals surface area contributed by atoms with E-state index in [9.17, 15) is 4.79 Å². The maximum atomic E-state index is 13.9. The minimum Gasteiger partial charge on any atom is -0.298 e. The molecular formula is C24H36O. The summed E-state index contributed by atoms with van der Waals surface area (Å²) in [5.41, 5.74) is 0.351. The van der Waals surface area contributed by atoms with Crippen molar-refractivity contribution in [3.63, 3.8) is 0 Å². The van der Waals surface area contributed by atoms with E-state index in [1.54, 1.807) is 0 Å². The van der Waals surface area contributed by atoms with Gasteiger partial charge in [-0.15, -0.1) is 0 Å². The highest BCUT2D eigenvalue weighted by atomic mass is 16.1. The summed E-state index contributed by atoms with van der Waals surface area (Å²) >= 11 is 0. The SMILES string of the molecule is CC1CCC1CCC1CC2CC1C1(CCC3(CC4CCC3C4)C1=O)C2. The first kappa shape index (κ1) is 15.7. The second-order valence-corrected chi connectivity index (χ2v) is 11.5. The minimum absolute atomic E-state index is 0.170. The van der Waals surface area contributed by atoms with E-state index in [1.165, 1.54) is 83.5 Å². The minimum atomic E-state index is 0.170. The zero-order chi connectivity index (χ0) is 16.8. The quantitative estimate of drug-likeness (QED) is 0.614. The Morgan fingerprint density at radius 1 is 0.840 bits per heavy atom. The van der Waals surface area contributed by atoms with Crippen molar-refractivity contribution in [2.45, 2.75) is 90.4 Å². The first-order valence-corrected chi connectivity index (χ1v) is 11.7. The number of carbonyl (C=O) groups is 1. The highest BCUT2D eigenvalue weighted by Crippen LogP contribution is 2.72. The van der Waals surface area contributed by atoms with Crippen LogP contribution in [0.15, 0.2) is 0 Å². The topological polar surface area (TPSA) is 17.1 Å². The Bertz CT molecular complexity index is 595. The van der Waals surface area contributed by atoms with Gasteiger partial charge in [0.05, 0.1) is 0 Å². The summed E-state index contributed by atoms with van der Waals surface area (Å²) in [5.74, 6) is 7.14. The van der Waals surface area contributed by atoms with E-state index < -0.39 is 0 Å². The summed E-state index contributed by atoms with van der Waals surface area (Å²) in [6, 6.07) is 0. The Morgan fingerprint density at radius 2 is 1.64 bits per heavy atom. The Morgan fingerprint density at radius 3 is 2.28 bits per heavy atom. The monoisotopic (exact) mass is 340 g/mol. The van der Waals surface area contributed by atoms with Crippen molar-refractivity contribution in [2.24, 2.45) is 52.3 Å². The molecule has 0 heterocycles. The second-order valence-electron chi connectivity index (χ2n) is 11.5. The molecule has 0 radical (unpaired) electrons. The lowest BCUT2D eigenvalue weighted by molar-refractivity contribution is -0.140. The first-order valence-electron chi connectivity index (χ1n) is 11.7. The molecule has 2 spiro atoms. The van der Waals surface area contributed by atoms with E-state index in [4.69, 9.17) is 0 Å². The number of ketones is 1. The van der Waals surface area contributed by atoms with Crippen molar-refractivity contribution < 1.29 is 4.79 Å². The molecule has 0 N–H and O–H groups in total. The molecule has 6 rings (SSSR count). The van der Waals surface area contributed by atoms with Gasteiger partial charge < -0.3 is 0 Å². The van der Waals surface area contributed by atoms with Crippen molar-refractivity contribution >= 4 is 5.78 Å². The molecule has 6 saturated carbocycles. The van der Waals surface area contributed by atoms with Gasteiger partial charge in [-0.05, 0) is 112 Å². The van der Waals surface area contributed by atoms with E-state index in [0.29, 0.717) is 0 Å². The zero-order valence-electron chi connectivity index (χ0n) is 16.1. The van der Waals surface area contributed by atoms with E-state index in [2.05, 4.69) is 6.92 Å². The molecule has 9 atom stereocenters. The molecule has 4 bridgehead atoms. The first-order chi connectivity index (χ1) is 12.1. The predicted molar refractivity (Wildman–Crippen MR) is 100.0 cm³/mol. The van der Waals surface area contributed by atoms with Crippen LogP contribution in [0.4, 0.5) is 0 Å². The molecule has 0 saturated heterocycles. The van der Waals surface area contributed by atoms with E-state index in [0.717, 1.165) is 47.2 Å². The maximum Gasteiger partial charge on any atom is 0.145 e. The molecule has 0 aromatic carbocycles. The second kappa shape index (κ2) is 5.14. The van der Waals surface area contributed by atoms with Gasteiger partial charge in [-0.25, -0.2) is 0 Å². The molecule has 0 aromatic rings. The van der Waals surface area contributed by atoms with Crippen LogP contribution in [0.1, 0.15) is 90.4 Å². The summed E-state index contributed by atoms with van der Waals surface area (Å²) in [7, 11) is 0. The third kappa shape index (κ3) is 1.94. The van der Waals surface area contributed by atoms with Gasteiger partial charge in [0.2, 0.25) is 0 Å². The fraction of sp³-hybridized carbons (Fsp3) is 0.958. The highest BCUT2D eigenvalue weighted by molar-refractivity contribution is 5.94. The van der Waals surface area contributed by atoms with Gasteiger partial charge >= 0.3 is 0 Å². The van der Waals surface area contributed by atoms with E-state index in [1.807, 2.05) is 0 Å². The largest absolute Gasteiger partial charge is 0.298 e. The number of hydrogen-bond acceptors (Lipinski definition) is 1. The number of hydrogen-bond donors (Lipinski definition) is 0. The summed E-state index contributed by atoms with van der Waals surface area (Å²) in [6.45, 7) is 2.45. The number of Topliss-reactive ketones (excluding diaryl/α,β-unsaturated/α-hetero) is 1. The molecule has 25 heavy (non-hydrogen) atoms. The Kier molecular flexibility index (Phi) is 3.23. The Labute approximate surface area is 153 Å². The van der Waals surface area contributed by atoms with Gasteiger partial charge in [0, 0.05) is 10.8 Å². The van der Waals surface area contributed by atoms with E-state index in [-0.39, 0.29) is 10.8 Å². The van der Waals surface area contributed by atoms with Crippen LogP contribution in [0.5, 0.6) is 0 Å². The van der Waals surface area contributed by atoms with Crippen molar-refractivity contribution in [3.05, 3.63) is 0 Å². The molecule has 1 heteroatoms.